The molecule has 13 heteroatoms. The molecule has 9 atom stereocenters. The number of hydrogen-bond acceptors (Lipinski definition) is 13. The lowest BCUT2D eigenvalue weighted by atomic mass is 9.82. The molecule has 41 heavy (non-hydrogen) atoms. The van der Waals surface area contributed by atoms with Crippen molar-refractivity contribution in [3.05, 3.63) is 47.5 Å². The third kappa shape index (κ3) is 6.51. The molecule has 226 valence electrons. The van der Waals surface area contributed by atoms with Crippen LogP contribution in [0.25, 0.3) is 0 Å². The van der Waals surface area contributed by atoms with Gasteiger partial charge in [-0.3, -0.25) is 4.79 Å². The summed E-state index contributed by atoms with van der Waals surface area (Å²) in [6.07, 6.45) is -8.99. The zero-order valence-corrected chi connectivity index (χ0v) is 22.8. The lowest BCUT2D eigenvalue weighted by Gasteiger charge is -2.39. The molecule has 2 heterocycles. The van der Waals surface area contributed by atoms with Crippen LogP contribution in [0, 0.1) is 11.8 Å². The number of benzene rings is 2. The third-order valence-corrected chi connectivity index (χ3v) is 7.44. The van der Waals surface area contributed by atoms with E-state index < -0.39 is 67.3 Å². The maximum atomic E-state index is 11.6. The number of phenolic OH excluding ortho intramolecular Hbond substituents is 1. The number of aliphatic hydroxyl groups is 5. The van der Waals surface area contributed by atoms with Crippen LogP contribution in [-0.2, 0) is 19.0 Å². The average Bonchev–Trinajstić information content (AvgIpc) is 3.40. The molecule has 2 aliphatic heterocycles. The fraction of sp³-hybridized carbons (Fsp3) is 0.536. The first-order valence-corrected chi connectivity index (χ1v) is 13.0. The molecule has 13 nitrogen and oxygen atoms in total. The normalized spacial score (nSPS) is 30.4. The number of hydrogen-bond donors (Lipinski definition) is 6. The van der Waals surface area contributed by atoms with Crippen LogP contribution in [0.5, 0.6) is 23.0 Å². The van der Waals surface area contributed by atoms with E-state index in [2.05, 4.69) is 0 Å². The van der Waals surface area contributed by atoms with E-state index in [0.29, 0.717) is 11.1 Å². The Bertz CT molecular complexity index is 1190. The minimum Gasteiger partial charge on any atom is -0.504 e. The Morgan fingerprint density at radius 3 is 2.39 bits per heavy atom. The number of aliphatic hydroxyl groups excluding tert-OH is 5. The summed E-state index contributed by atoms with van der Waals surface area (Å²) in [7, 11) is 2.80. The molecule has 0 spiro atoms. The lowest BCUT2D eigenvalue weighted by Crippen LogP contribution is -2.60. The zero-order valence-electron chi connectivity index (χ0n) is 22.8. The Hall–Kier alpha value is -3.17. The maximum absolute atomic E-state index is 11.6. The fourth-order valence-electron chi connectivity index (χ4n) is 5.15. The van der Waals surface area contributed by atoms with Crippen molar-refractivity contribution in [2.24, 2.45) is 11.8 Å². The van der Waals surface area contributed by atoms with E-state index in [0.717, 1.165) is 0 Å². The van der Waals surface area contributed by atoms with Crippen LogP contribution in [-0.4, -0.2) is 101 Å². The van der Waals surface area contributed by atoms with Crippen LogP contribution >= 0.6 is 0 Å². The van der Waals surface area contributed by atoms with Gasteiger partial charge in [0, 0.05) is 18.8 Å². The minimum absolute atomic E-state index is 0.0274. The van der Waals surface area contributed by atoms with Crippen molar-refractivity contribution in [1.82, 2.24) is 0 Å². The second kappa shape index (κ2) is 13.2. The summed E-state index contributed by atoms with van der Waals surface area (Å²) in [5.74, 6) is -0.958. The SMILES string of the molecule is COc1cc(C2OCC(C(O)c3ccc(OC4OC(CO)C(O)C(O)C4O)c(OC)c3)C2COC(C)=O)ccc1O. The summed E-state index contributed by atoms with van der Waals surface area (Å²) in [6.45, 7) is 0.786. The van der Waals surface area contributed by atoms with Crippen molar-refractivity contribution < 1.29 is 63.9 Å². The van der Waals surface area contributed by atoms with Gasteiger partial charge in [0.2, 0.25) is 6.29 Å². The van der Waals surface area contributed by atoms with E-state index in [-0.39, 0.29) is 36.2 Å². The summed E-state index contributed by atoms with van der Waals surface area (Å²) >= 11 is 0. The largest absolute Gasteiger partial charge is 0.504 e. The third-order valence-electron chi connectivity index (χ3n) is 7.44. The zero-order chi connectivity index (χ0) is 29.8. The van der Waals surface area contributed by atoms with Gasteiger partial charge in [-0.05, 0) is 35.4 Å². The predicted molar refractivity (Wildman–Crippen MR) is 139 cm³/mol. The van der Waals surface area contributed by atoms with Crippen LogP contribution in [0.15, 0.2) is 36.4 Å². The van der Waals surface area contributed by atoms with Gasteiger partial charge in [-0.15, -0.1) is 0 Å². The number of methoxy groups -OCH3 is 2. The average molecular weight is 581 g/mol. The molecule has 6 N–H and O–H groups in total. The van der Waals surface area contributed by atoms with Gasteiger partial charge in [0.05, 0.1) is 46.2 Å². The van der Waals surface area contributed by atoms with E-state index in [1.165, 1.54) is 39.3 Å². The molecule has 0 saturated carbocycles. The maximum Gasteiger partial charge on any atom is 0.302 e. The molecule has 9 unspecified atom stereocenters. The van der Waals surface area contributed by atoms with Crippen LogP contribution in [0.4, 0.5) is 0 Å². The number of carbonyl (C=O) groups is 1. The Balaban J connectivity index is 1.56. The minimum atomic E-state index is -1.61. The second-order valence-corrected chi connectivity index (χ2v) is 9.99. The Morgan fingerprint density at radius 1 is 1.00 bits per heavy atom. The van der Waals surface area contributed by atoms with Gasteiger partial charge in [-0.2, -0.15) is 0 Å². The van der Waals surface area contributed by atoms with Gasteiger partial charge < -0.3 is 59.1 Å². The van der Waals surface area contributed by atoms with E-state index in [9.17, 15) is 35.4 Å². The summed E-state index contributed by atoms with van der Waals surface area (Å²) in [6, 6.07) is 9.37. The topological polar surface area (TPSA) is 194 Å². The molecule has 2 aliphatic rings. The van der Waals surface area contributed by atoms with Crippen LogP contribution < -0.4 is 14.2 Å². The molecule has 0 radical (unpaired) electrons. The number of rotatable bonds is 10. The first-order chi connectivity index (χ1) is 19.6. The Morgan fingerprint density at radius 2 is 1.73 bits per heavy atom. The quantitative estimate of drug-likeness (QED) is 0.209. The lowest BCUT2D eigenvalue weighted by molar-refractivity contribution is -0.277. The van der Waals surface area contributed by atoms with Crippen molar-refractivity contribution in [2.75, 3.05) is 34.0 Å². The summed E-state index contributed by atoms with van der Waals surface area (Å²) in [4.78, 5) is 11.6. The summed E-state index contributed by atoms with van der Waals surface area (Å²) in [5.41, 5.74) is 1.11. The molecule has 2 aromatic rings. The summed E-state index contributed by atoms with van der Waals surface area (Å²) in [5, 5.41) is 61.3. The molecule has 0 aromatic heterocycles. The highest BCUT2D eigenvalue weighted by molar-refractivity contribution is 5.65. The fourth-order valence-corrected chi connectivity index (χ4v) is 5.15. The van der Waals surface area contributed by atoms with Crippen LogP contribution in [0.1, 0.15) is 30.3 Å². The van der Waals surface area contributed by atoms with Crippen molar-refractivity contribution in [3.63, 3.8) is 0 Å². The van der Waals surface area contributed by atoms with Crippen molar-refractivity contribution in [2.45, 2.75) is 49.8 Å². The van der Waals surface area contributed by atoms with Gasteiger partial charge in [-0.1, -0.05) is 12.1 Å². The number of ether oxygens (including phenoxy) is 6. The van der Waals surface area contributed by atoms with E-state index in [4.69, 9.17) is 28.4 Å². The second-order valence-electron chi connectivity index (χ2n) is 9.99. The first-order valence-electron chi connectivity index (χ1n) is 13.0. The molecule has 4 rings (SSSR count). The van der Waals surface area contributed by atoms with Crippen LogP contribution in [0.2, 0.25) is 0 Å². The van der Waals surface area contributed by atoms with E-state index >= 15 is 0 Å². The Labute approximate surface area is 236 Å². The predicted octanol–water partition coefficient (Wildman–Crippen LogP) is 0.188. The molecular weight excluding hydrogens is 544 g/mol. The first kappa shape index (κ1) is 30.8. The van der Waals surface area contributed by atoms with E-state index in [1.54, 1.807) is 18.2 Å². The Kier molecular flexibility index (Phi) is 9.92. The molecule has 2 saturated heterocycles. The number of phenols is 1. The van der Waals surface area contributed by atoms with Gasteiger partial charge >= 0.3 is 5.97 Å². The van der Waals surface area contributed by atoms with Crippen LogP contribution in [0.3, 0.4) is 0 Å². The standard InChI is InChI=1S/C28H36O13/c1-13(30)38-12-17-16(11-39-27(17)15-4-6-18(31)20(9-15)36-2)23(32)14-5-7-19(21(8-14)37-3)40-28-26(35)25(34)24(33)22(10-29)41-28/h4-9,16-17,22-29,31-35H,10-12H2,1-3H3. The van der Waals surface area contributed by atoms with Gasteiger partial charge in [0.25, 0.3) is 0 Å². The molecular formula is C28H36O13. The van der Waals surface area contributed by atoms with Crippen molar-refractivity contribution in [3.8, 4) is 23.0 Å². The smallest absolute Gasteiger partial charge is 0.302 e. The molecule has 0 amide bonds. The van der Waals surface area contributed by atoms with Crippen molar-refractivity contribution in [1.29, 1.82) is 0 Å². The number of esters is 1. The van der Waals surface area contributed by atoms with E-state index in [1.807, 2.05) is 0 Å². The number of carbonyl (C=O) groups excluding carboxylic acids is 1. The highest BCUT2D eigenvalue weighted by Gasteiger charge is 2.46. The molecule has 2 fully saturated rings. The monoisotopic (exact) mass is 580 g/mol. The molecule has 0 aliphatic carbocycles. The molecule has 2 aromatic carbocycles. The highest BCUT2D eigenvalue weighted by Crippen LogP contribution is 2.46. The molecule has 0 bridgehead atoms. The highest BCUT2D eigenvalue weighted by atomic mass is 16.7. The van der Waals surface area contributed by atoms with Gasteiger partial charge in [0.1, 0.15) is 24.4 Å². The van der Waals surface area contributed by atoms with Crippen molar-refractivity contribution >= 4 is 5.97 Å². The van der Waals surface area contributed by atoms with Gasteiger partial charge in [0.15, 0.2) is 23.0 Å². The van der Waals surface area contributed by atoms with Gasteiger partial charge in [-0.25, -0.2) is 0 Å². The number of aromatic hydroxyl groups is 1. The summed E-state index contributed by atoms with van der Waals surface area (Å²) < 4.78 is 33.2.